The third kappa shape index (κ3) is 5.28. The number of carbonyl (C=O) groups is 2. The topological polar surface area (TPSA) is 94.1 Å². The quantitative estimate of drug-likeness (QED) is 0.380. The molecular formula is C27H31NO6S. The number of allylic oxidation sites excluding steroid dienone is 3. The summed E-state index contributed by atoms with van der Waals surface area (Å²) < 4.78 is 16.4. The molecular weight excluding hydrogens is 466 g/mol. The molecule has 0 amide bonds. The first-order valence-electron chi connectivity index (χ1n) is 11.9. The molecule has 1 aromatic carbocycles. The number of Topliss-reactive ketones (excluding diaryl/α,β-unsaturated/α-hetero) is 1. The van der Waals surface area contributed by atoms with E-state index < -0.39 is 11.9 Å². The lowest BCUT2D eigenvalue weighted by Crippen LogP contribution is -2.36. The molecule has 1 aliphatic carbocycles. The SMILES string of the molecule is CCOCCOC(=O)C1=C(C)NC2=C(C(=O)CC(c3cccs3)C2)C1c1ccc(O)c(OCC)c1. The minimum Gasteiger partial charge on any atom is -0.504 e. The van der Waals surface area contributed by atoms with Gasteiger partial charge in [-0.2, -0.15) is 0 Å². The minimum atomic E-state index is -0.623. The van der Waals surface area contributed by atoms with Gasteiger partial charge in [0.2, 0.25) is 0 Å². The van der Waals surface area contributed by atoms with Gasteiger partial charge in [-0.05, 0) is 56.3 Å². The lowest BCUT2D eigenvalue weighted by molar-refractivity contribution is -0.140. The van der Waals surface area contributed by atoms with Gasteiger partial charge >= 0.3 is 5.97 Å². The summed E-state index contributed by atoms with van der Waals surface area (Å²) in [7, 11) is 0. The molecule has 1 aliphatic heterocycles. The summed E-state index contributed by atoms with van der Waals surface area (Å²) >= 11 is 1.65. The van der Waals surface area contributed by atoms with Crippen LogP contribution in [-0.2, 0) is 19.1 Å². The number of esters is 1. The Morgan fingerprint density at radius 3 is 2.71 bits per heavy atom. The summed E-state index contributed by atoms with van der Waals surface area (Å²) in [6.45, 7) is 6.87. The number of phenolic OH excluding ortho intramolecular Hbond substituents is 1. The molecule has 2 unspecified atom stereocenters. The molecule has 2 aliphatic rings. The van der Waals surface area contributed by atoms with Crippen molar-refractivity contribution in [2.45, 2.75) is 45.4 Å². The molecule has 0 radical (unpaired) electrons. The maximum atomic E-state index is 13.6. The number of ether oxygens (including phenoxy) is 3. The standard InChI is InChI=1S/C27H31NO6S/c1-4-32-10-11-34-27(31)24-16(3)28-19-13-18(23-7-6-12-35-23)14-21(30)26(19)25(24)17-8-9-20(29)22(15-17)33-5-2/h6-9,12,15,18,25,28-29H,4-5,10-11,13-14H2,1-3H3. The highest BCUT2D eigenvalue weighted by Crippen LogP contribution is 2.47. The number of aromatic hydroxyl groups is 1. The lowest BCUT2D eigenvalue weighted by Gasteiger charge is -2.36. The fourth-order valence-corrected chi connectivity index (χ4v) is 5.59. The number of hydrogen-bond acceptors (Lipinski definition) is 8. The molecule has 2 N–H and O–H groups in total. The molecule has 2 atom stereocenters. The molecule has 0 saturated carbocycles. The van der Waals surface area contributed by atoms with Crippen LogP contribution in [0.15, 0.2) is 58.3 Å². The van der Waals surface area contributed by atoms with Gasteiger partial charge in [-0.15, -0.1) is 11.3 Å². The third-order valence-corrected chi connectivity index (χ3v) is 7.31. The maximum Gasteiger partial charge on any atom is 0.336 e. The predicted molar refractivity (Wildman–Crippen MR) is 134 cm³/mol. The molecule has 0 saturated heterocycles. The third-order valence-electron chi connectivity index (χ3n) is 6.28. The zero-order chi connectivity index (χ0) is 24.9. The summed E-state index contributed by atoms with van der Waals surface area (Å²) in [4.78, 5) is 28.1. The van der Waals surface area contributed by atoms with Crippen LogP contribution in [0, 0.1) is 0 Å². The number of thiophene rings is 1. The largest absolute Gasteiger partial charge is 0.504 e. The average molecular weight is 498 g/mol. The molecule has 2 heterocycles. The number of rotatable bonds is 9. The summed E-state index contributed by atoms with van der Waals surface area (Å²) in [5.74, 6) is -0.700. The van der Waals surface area contributed by atoms with Crippen molar-refractivity contribution in [2.75, 3.05) is 26.4 Å². The monoisotopic (exact) mass is 497 g/mol. The second kappa shape index (κ2) is 11.1. The van der Waals surface area contributed by atoms with E-state index in [0.29, 0.717) is 60.8 Å². The molecule has 35 heavy (non-hydrogen) atoms. The fourth-order valence-electron chi connectivity index (χ4n) is 4.76. The van der Waals surface area contributed by atoms with Crippen molar-refractivity contribution in [1.29, 1.82) is 0 Å². The van der Waals surface area contributed by atoms with Gasteiger partial charge in [-0.3, -0.25) is 4.79 Å². The van der Waals surface area contributed by atoms with Crippen LogP contribution < -0.4 is 10.1 Å². The number of ketones is 1. The molecule has 8 heteroatoms. The van der Waals surface area contributed by atoms with Gasteiger partial charge < -0.3 is 24.6 Å². The molecule has 186 valence electrons. The summed E-state index contributed by atoms with van der Waals surface area (Å²) in [6, 6.07) is 9.04. The predicted octanol–water partition coefficient (Wildman–Crippen LogP) is 4.79. The van der Waals surface area contributed by atoms with E-state index in [1.165, 1.54) is 10.9 Å². The highest BCUT2D eigenvalue weighted by atomic mass is 32.1. The number of hydrogen-bond donors (Lipinski definition) is 2. The zero-order valence-corrected chi connectivity index (χ0v) is 21.1. The number of carbonyl (C=O) groups excluding carboxylic acids is 2. The second-order valence-electron chi connectivity index (χ2n) is 8.53. The van der Waals surface area contributed by atoms with E-state index in [9.17, 15) is 14.7 Å². The van der Waals surface area contributed by atoms with E-state index in [0.717, 1.165) is 5.70 Å². The second-order valence-corrected chi connectivity index (χ2v) is 9.50. The van der Waals surface area contributed by atoms with E-state index in [-0.39, 0.29) is 24.1 Å². The zero-order valence-electron chi connectivity index (χ0n) is 20.3. The van der Waals surface area contributed by atoms with Crippen molar-refractivity contribution < 1.29 is 28.9 Å². The fraction of sp³-hybridized carbons (Fsp3) is 0.407. The number of benzene rings is 1. The van der Waals surface area contributed by atoms with Crippen LogP contribution in [0.1, 0.15) is 55.9 Å². The average Bonchev–Trinajstić information content (AvgIpc) is 3.37. The normalized spacial score (nSPS) is 19.9. The summed E-state index contributed by atoms with van der Waals surface area (Å²) in [5, 5.41) is 15.6. The first kappa shape index (κ1) is 25.0. The Bertz CT molecular complexity index is 1150. The van der Waals surface area contributed by atoms with E-state index in [1.807, 2.05) is 32.2 Å². The van der Waals surface area contributed by atoms with Crippen LogP contribution in [0.4, 0.5) is 0 Å². The number of nitrogens with one attached hydrogen (secondary N) is 1. The van der Waals surface area contributed by atoms with E-state index in [1.54, 1.807) is 23.5 Å². The minimum absolute atomic E-state index is 0.000279. The molecule has 0 spiro atoms. The molecule has 0 bridgehead atoms. The van der Waals surface area contributed by atoms with E-state index in [4.69, 9.17) is 14.2 Å². The van der Waals surface area contributed by atoms with Gasteiger partial charge in [-0.25, -0.2) is 4.79 Å². The van der Waals surface area contributed by atoms with Crippen LogP contribution in [0.5, 0.6) is 11.5 Å². The van der Waals surface area contributed by atoms with Crippen molar-refractivity contribution in [3.8, 4) is 11.5 Å². The van der Waals surface area contributed by atoms with Crippen molar-refractivity contribution >= 4 is 23.1 Å². The van der Waals surface area contributed by atoms with Crippen LogP contribution in [0.25, 0.3) is 0 Å². The van der Waals surface area contributed by atoms with Gasteiger partial charge in [0.05, 0.1) is 18.8 Å². The molecule has 4 rings (SSSR count). The Kier molecular flexibility index (Phi) is 7.93. The Labute approximate surface area is 209 Å². The molecule has 7 nitrogen and oxygen atoms in total. The van der Waals surface area contributed by atoms with Crippen molar-refractivity contribution in [3.05, 3.63) is 68.7 Å². The van der Waals surface area contributed by atoms with Gasteiger partial charge in [0, 0.05) is 46.7 Å². The summed E-state index contributed by atoms with van der Waals surface area (Å²) in [6.07, 6.45) is 1.05. The maximum absolute atomic E-state index is 13.6. The highest BCUT2D eigenvalue weighted by Gasteiger charge is 2.41. The summed E-state index contributed by atoms with van der Waals surface area (Å²) in [5.41, 5.74) is 3.14. The molecule has 1 aromatic heterocycles. The highest BCUT2D eigenvalue weighted by molar-refractivity contribution is 7.10. The van der Waals surface area contributed by atoms with Gasteiger partial charge in [0.25, 0.3) is 0 Å². The van der Waals surface area contributed by atoms with Crippen LogP contribution in [-0.4, -0.2) is 43.3 Å². The Morgan fingerprint density at radius 2 is 2.00 bits per heavy atom. The van der Waals surface area contributed by atoms with Crippen LogP contribution in [0.2, 0.25) is 0 Å². The molecule has 0 fully saturated rings. The molecule has 2 aromatic rings. The van der Waals surface area contributed by atoms with Gasteiger partial charge in [0.15, 0.2) is 17.3 Å². The Balaban J connectivity index is 1.75. The Morgan fingerprint density at radius 1 is 1.17 bits per heavy atom. The van der Waals surface area contributed by atoms with Gasteiger partial charge in [-0.1, -0.05) is 12.1 Å². The van der Waals surface area contributed by atoms with Crippen LogP contribution in [0.3, 0.4) is 0 Å². The smallest absolute Gasteiger partial charge is 0.336 e. The van der Waals surface area contributed by atoms with E-state index >= 15 is 0 Å². The first-order valence-corrected chi connectivity index (χ1v) is 12.8. The van der Waals surface area contributed by atoms with Gasteiger partial charge in [0.1, 0.15) is 6.61 Å². The van der Waals surface area contributed by atoms with Crippen molar-refractivity contribution in [2.24, 2.45) is 0 Å². The Hall–Kier alpha value is -3.10. The van der Waals surface area contributed by atoms with Crippen molar-refractivity contribution in [1.82, 2.24) is 5.32 Å². The van der Waals surface area contributed by atoms with Crippen molar-refractivity contribution in [3.63, 3.8) is 0 Å². The van der Waals surface area contributed by atoms with E-state index in [2.05, 4.69) is 11.4 Å². The first-order chi connectivity index (χ1) is 16.9. The van der Waals surface area contributed by atoms with Crippen LogP contribution >= 0.6 is 11.3 Å². The number of dihydropyridines is 1. The number of phenols is 1. The lowest BCUT2D eigenvalue weighted by atomic mass is 9.72.